The van der Waals surface area contributed by atoms with Crippen LogP contribution in [0.25, 0.3) is 0 Å². The van der Waals surface area contributed by atoms with Gasteiger partial charge in [0.05, 0.1) is 13.2 Å². The van der Waals surface area contributed by atoms with Gasteiger partial charge in [-0.05, 0) is 37.3 Å². The molecule has 2 N–H and O–H groups in total. The van der Waals surface area contributed by atoms with E-state index in [2.05, 4.69) is 5.32 Å². The number of carbonyl (C=O) groups is 2. The Morgan fingerprint density at radius 1 is 1.14 bits per heavy atom. The first-order chi connectivity index (χ1) is 13.6. The molecule has 1 amide bonds. The molecule has 0 aromatic heterocycles. The monoisotopic (exact) mass is 387 g/mol. The van der Waals surface area contributed by atoms with Crippen LogP contribution in [0.1, 0.15) is 17.3 Å². The molecule has 0 saturated heterocycles. The molecule has 1 unspecified atom stereocenters. The van der Waals surface area contributed by atoms with Gasteiger partial charge >= 0.3 is 5.97 Å². The summed E-state index contributed by atoms with van der Waals surface area (Å²) in [6.07, 6.45) is -0.302. The molecule has 0 aliphatic carbocycles. The fraction of sp³-hybridized carbons (Fsp3) is 0.300. The van der Waals surface area contributed by atoms with E-state index in [4.69, 9.17) is 24.1 Å². The number of carbonyl (C=O) groups excluding carboxylic acids is 1. The van der Waals surface area contributed by atoms with Gasteiger partial charge in [0.15, 0.2) is 29.6 Å². The standard InChI is InChI=1S/C20H21NO7/c1-2-25-18-9-13(7-8-16(18)27-12-19(22)23)20(24)21-10-14-11-26-15-5-3-4-6-17(15)28-14/h3-9,14H,2,10-12H2,1H3,(H,21,24)(H,22,23). The molecule has 1 atom stereocenters. The minimum atomic E-state index is -1.10. The molecule has 1 aliphatic heterocycles. The Kier molecular flexibility index (Phi) is 6.21. The lowest BCUT2D eigenvalue weighted by molar-refractivity contribution is -0.139. The Bertz CT molecular complexity index is 852. The van der Waals surface area contributed by atoms with Gasteiger partial charge in [0.2, 0.25) is 0 Å². The van der Waals surface area contributed by atoms with Crippen molar-refractivity contribution in [2.45, 2.75) is 13.0 Å². The lowest BCUT2D eigenvalue weighted by Crippen LogP contribution is -2.40. The minimum Gasteiger partial charge on any atom is -0.490 e. The van der Waals surface area contributed by atoms with Gasteiger partial charge in [-0.15, -0.1) is 0 Å². The van der Waals surface area contributed by atoms with Crippen LogP contribution in [0.2, 0.25) is 0 Å². The maximum Gasteiger partial charge on any atom is 0.341 e. The van der Waals surface area contributed by atoms with Crippen molar-refractivity contribution in [2.75, 3.05) is 26.4 Å². The molecule has 2 aromatic rings. The fourth-order valence-corrected chi connectivity index (χ4v) is 2.65. The number of hydrogen-bond donors (Lipinski definition) is 2. The van der Waals surface area contributed by atoms with E-state index in [9.17, 15) is 9.59 Å². The van der Waals surface area contributed by atoms with Crippen molar-refractivity contribution in [2.24, 2.45) is 0 Å². The lowest BCUT2D eigenvalue weighted by Gasteiger charge is -2.26. The van der Waals surface area contributed by atoms with Crippen molar-refractivity contribution in [1.29, 1.82) is 0 Å². The lowest BCUT2D eigenvalue weighted by atomic mass is 10.2. The van der Waals surface area contributed by atoms with E-state index in [1.54, 1.807) is 13.0 Å². The third-order valence-corrected chi connectivity index (χ3v) is 3.91. The molecule has 0 bridgehead atoms. The molecule has 8 heteroatoms. The van der Waals surface area contributed by atoms with Crippen molar-refractivity contribution in [3.8, 4) is 23.0 Å². The van der Waals surface area contributed by atoms with Crippen LogP contribution in [0.15, 0.2) is 42.5 Å². The van der Waals surface area contributed by atoms with Crippen molar-refractivity contribution in [1.82, 2.24) is 5.32 Å². The maximum atomic E-state index is 12.5. The highest BCUT2D eigenvalue weighted by Crippen LogP contribution is 2.31. The normalized spacial score (nSPS) is 14.8. The third-order valence-electron chi connectivity index (χ3n) is 3.91. The molecule has 0 spiro atoms. The zero-order chi connectivity index (χ0) is 19.9. The summed E-state index contributed by atoms with van der Waals surface area (Å²) in [5.41, 5.74) is 0.364. The number of amides is 1. The molecule has 0 saturated carbocycles. The first-order valence-corrected chi connectivity index (χ1v) is 8.85. The van der Waals surface area contributed by atoms with Gasteiger partial charge in [-0.3, -0.25) is 4.79 Å². The van der Waals surface area contributed by atoms with Gasteiger partial charge in [-0.2, -0.15) is 0 Å². The number of para-hydroxylation sites is 2. The van der Waals surface area contributed by atoms with E-state index in [-0.39, 0.29) is 24.3 Å². The van der Waals surface area contributed by atoms with Crippen LogP contribution in [0.4, 0.5) is 0 Å². The highest BCUT2D eigenvalue weighted by Gasteiger charge is 2.21. The second-order valence-corrected chi connectivity index (χ2v) is 5.98. The van der Waals surface area contributed by atoms with Gasteiger partial charge in [0.25, 0.3) is 5.91 Å². The van der Waals surface area contributed by atoms with E-state index in [1.165, 1.54) is 12.1 Å². The van der Waals surface area contributed by atoms with Crippen LogP contribution in [0.3, 0.4) is 0 Å². The first-order valence-electron chi connectivity index (χ1n) is 8.85. The van der Waals surface area contributed by atoms with Crippen LogP contribution in [-0.2, 0) is 4.79 Å². The Morgan fingerprint density at radius 2 is 1.93 bits per heavy atom. The van der Waals surface area contributed by atoms with Crippen molar-refractivity contribution in [3.63, 3.8) is 0 Å². The van der Waals surface area contributed by atoms with Crippen molar-refractivity contribution >= 4 is 11.9 Å². The number of nitrogens with one attached hydrogen (secondary N) is 1. The van der Waals surface area contributed by atoms with Crippen molar-refractivity contribution in [3.05, 3.63) is 48.0 Å². The predicted molar refractivity (Wildman–Crippen MR) is 99.4 cm³/mol. The summed E-state index contributed by atoms with van der Waals surface area (Å²) in [7, 11) is 0. The fourth-order valence-electron chi connectivity index (χ4n) is 2.65. The summed E-state index contributed by atoms with van der Waals surface area (Å²) in [6.45, 7) is 2.25. The second kappa shape index (κ2) is 8.98. The number of hydrogen-bond acceptors (Lipinski definition) is 6. The molecular weight excluding hydrogens is 366 g/mol. The topological polar surface area (TPSA) is 103 Å². The number of fused-ring (bicyclic) bond motifs is 1. The molecule has 1 heterocycles. The molecule has 8 nitrogen and oxygen atoms in total. The SMILES string of the molecule is CCOc1cc(C(=O)NCC2COc3ccccc3O2)ccc1OCC(=O)O. The first kappa shape index (κ1) is 19.3. The molecular formula is C20H21NO7. The third kappa shape index (κ3) is 4.85. The average Bonchev–Trinajstić information content (AvgIpc) is 2.71. The smallest absolute Gasteiger partial charge is 0.341 e. The van der Waals surface area contributed by atoms with Crippen molar-refractivity contribution < 1.29 is 33.6 Å². The Labute approximate surface area is 162 Å². The van der Waals surface area contributed by atoms with Crippen LogP contribution in [0.5, 0.6) is 23.0 Å². The molecule has 0 fully saturated rings. The predicted octanol–water partition coefficient (Wildman–Crippen LogP) is 2.12. The van der Waals surface area contributed by atoms with E-state index in [0.717, 1.165) is 0 Å². The van der Waals surface area contributed by atoms with E-state index in [1.807, 2.05) is 24.3 Å². The summed E-state index contributed by atoms with van der Waals surface area (Å²) in [4.78, 5) is 23.1. The van der Waals surface area contributed by atoms with Gasteiger partial charge in [0, 0.05) is 5.56 Å². The van der Waals surface area contributed by atoms with Gasteiger partial charge in [-0.25, -0.2) is 4.79 Å². The zero-order valence-corrected chi connectivity index (χ0v) is 15.3. The number of benzene rings is 2. The van der Waals surface area contributed by atoms with E-state index < -0.39 is 12.6 Å². The minimum absolute atomic E-state index is 0.265. The van der Waals surface area contributed by atoms with E-state index in [0.29, 0.717) is 36.0 Å². The summed E-state index contributed by atoms with van der Waals surface area (Å²) < 4.78 is 22.1. The highest BCUT2D eigenvalue weighted by molar-refractivity contribution is 5.94. The summed E-state index contributed by atoms with van der Waals surface area (Å²) in [5.74, 6) is 0.493. The number of aliphatic carboxylic acids is 1. The molecule has 0 radical (unpaired) electrons. The second-order valence-electron chi connectivity index (χ2n) is 5.98. The highest BCUT2D eigenvalue weighted by atomic mass is 16.6. The Morgan fingerprint density at radius 3 is 2.68 bits per heavy atom. The van der Waals surface area contributed by atoms with E-state index >= 15 is 0 Å². The summed E-state index contributed by atoms with van der Waals surface area (Å²) >= 11 is 0. The molecule has 148 valence electrons. The number of carboxylic acid groups (broad SMARTS) is 1. The number of rotatable bonds is 8. The maximum absolute atomic E-state index is 12.5. The van der Waals surface area contributed by atoms with Crippen LogP contribution >= 0.6 is 0 Å². The zero-order valence-electron chi connectivity index (χ0n) is 15.3. The Hall–Kier alpha value is -3.42. The van der Waals surface area contributed by atoms with Crippen LogP contribution in [-0.4, -0.2) is 49.5 Å². The largest absolute Gasteiger partial charge is 0.490 e. The summed E-state index contributed by atoms with van der Waals surface area (Å²) in [5, 5.41) is 11.5. The van der Waals surface area contributed by atoms with Gasteiger partial charge in [0.1, 0.15) is 12.7 Å². The van der Waals surface area contributed by atoms with Gasteiger partial charge in [-0.1, -0.05) is 12.1 Å². The van der Waals surface area contributed by atoms with Crippen LogP contribution in [0, 0.1) is 0 Å². The Balaban J connectivity index is 1.61. The van der Waals surface area contributed by atoms with Crippen LogP contribution < -0.4 is 24.3 Å². The number of carboxylic acids is 1. The molecule has 3 rings (SSSR count). The quantitative estimate of drug-likeness (QED) is 0.715. The molecule has 2 aromatic carbocycles. The molecule has 1 aliphatic rings. The van der Waals surface area contributed by atoms with Gasteiger partial charge < -0.3 is 29.4 Å². The number of ether oxygens (including phenoxy) is 4. The molecule has 28 heavy (non-hydrogen) atoms. The summed E-state index contributed by atoms with van der Waals surface area (Å²) in [6, 6.07) is 11.9. The average molecular weight is 387 g/mol.